The topological polar surface area (TPSA) is 69.9 Å². The van der Waals surface area contributed by atoms with Gasteiger partial charge in [-0.25, -0.2) is 0 Å². The predicted molar refractivity (Wildman–Crippen MR) is 98.8 cm³/mol. The first-order valence-electron chi connectivity index (χ1n) is 7.62. The fourth-order valence-electron chi connectivity index (χ4n) is 2.95. The van der Waals surface area contributed by atoms with Crippen LogP contribution >= 0.6 is 28.3 Å². The Hall–Kier alpha value is -1.63. The van der Waals surface area contributed by atoms with Crippen LogP contribution in [0.1, 0.15) is 25.1 Å². The standard InChI is InChI=1S/C17H17BrN4O.ClH/c1-22-13(11-3-5-12(18)6-4-11)7-8-14(22)15-20-16(21-23-15)17(19)9-2-10-17;/h3-8H,2,9-10,19H2,1H3;1H. The number of hydrogen-bond donors (Lipinski definition) is 1. The average molecular weight is 410 g/mol. The zero-order chi connectivity index (χ0) is 16.0. The molecule has 0 spiro atoms. The summed E-state index contributed by atoms with van der Waals surface area (Å²) in [4.78, 5) is 4.53. The highest BCUT2D eigenvalue weighted by Gasteiger charge is 2.39. The van der Waals surface area contributed by atoms with Crippen molar-refractivity contribution in [1.29, 1.82) is 0 Å². The molecule has 1 saturated carbocycles. The summed E-state index contributed by atoms with van der Waals surface area (Å²) in [5, 5.41) is 4.09. The van der Waals surface area contributed by atoms with Crippen molar-refractivity contribution < 1.29 is 4.52 Å². The minimum atomic E-state index is -0.401. The number of nitrogens with zero attached hydrogens (tertiary/aromatic N) is 3. The van der Waals surface area contributed by atoms with E-state index >= 15 is 0 Å². The lowest BCUT2D eigenvalue weighted by Crippen LogP contribution is -2.44. The molecule has 0 unspecified atom stereocenters. The summed E-state index contributed by atoms with van der Waals surface area (Å²) >= 11 is 3.46. The molecule has 1 aromatic carbocycles. The average Bonchev–Trinajstić information content (AvgIpc) is 3.13. The van der Waals surface area contributed by atoms with Gasteiger partial charge >= 0.3 is 0 Å². The summed E-state index contributed by atoms with van der Waals surface area (Å²) in [6, 6.07) is 12.3. The van der Waals surface area contributed by atoms with Crippen molar-refractivity contribution >= 4 is 28.3 Å². The van der Waals surface area contributed by atoms with Crippen LogP contribution in [0.25, 0.3) is 22.8 Å². The molecule has 2 aromatic heterocycles. The Balaban J connectivity index is 0.00000169. The second-order valence-corrected chi connectivity index (χ2v) is 7.02. The smallest absolute Gasteiger partial charge is 0.274 e. The first-order chi connectivity index (χ1) is 11.1. The van der Waals surface area contributed by atoms with Gasteiger partial charge in [-0.05, 0) is 49.1 Å². The van der Waals surface area contributed by atoms with Gasteiger partial charge in [0.1, 0.15) is 5.69 Å². The van der Waals surface area contributed by atoms with Crippen LogP contribution in [0.15, 0.2) is 45.4 Å². The first kappa shape index (κ1) is 17.2. The van der Waals surface area contributed by atoms with Crippen molar-refractivity contribution in [3.05, 3.63) is 46.7 Å². The third-order valence-corrected chi connectivity index (χ3v) is 5.13. The Labute approximate surface area is 154 Å². The lowest BCUT2D eigenvalue weighted by molar-refractivity contribution is 0.229. The van der Waals surface area contributed by atoms with Crippen LogP contribution in [-0.4, -0.2) is 14.7 Å². The van der Waals surface area contributed by atoms with E-state index in [2.05, 4.69) is 48.8 Å². The van der Waals surface area contributed by atoms with Crippen LogP contribution in [-0.2, 0) is 12.6 Å². The van der Waals surface area contributed by atoms with Crippen LogP contribution in [0.3, 0.4) is 0 Å². The quantitative estimate of drug-likeness (QED) is 0.701. The van der Waals surface area contributed by atoms with E-state index < -0.39 is 5.54 Å². The molecule has 0 radical (unpaired) electrons. The summed E-state index contributed by atoms with van der Waals surface area (Å²) in [6.07, 6.45) is 2.96. The van der Waals surface area contributed by atoms with Gasteiger partial charge in [0.05, 0.1) is 5.54 Å². The lowest BCUT2D eigenvalue weighted by atomic mass is 9.77. The van der Waals surface area contributed by atoms with E-state index in [0.717, 1.165) is 40.7 Å². The van der Waals surface area contributed by atoms with Crippen LogP contribution in [0, 0.1) is 0 Å². The van der Waals surface area contributed by atoms with Crippen LogP contribution in [0.4, 0.5) is 0 Å². The van der Waals surface area contributed by atoms with Gasteiger partial charge < -0.3 is 14.8 Å². The number of hydrogen-bond acceptors (Lipinski definition) is 4. The maximum atomic E-state index is 6.27. The van der Waals surface area contributed by atoms with E-state index in [1.54, 1.807) is 0 Å². The minimum Gasteiger partial charge on any atom is -0.340 e. The molecule has 0 atom stereocenters. The van der Waals surface area contributed by atoms with Gasteiger partial charge in [0.2, 0.25) is 0 Å². The fourth-order valence-corrected chi connectivity index (χ4v) is 3.21. The molecule has 5 nitrogen and oxygen atoms in total. The summed E-state index contributed by atoms with van der Waals surface area (Å²) in [5.74, 6) is 1.13. The summed E-state index contributed by atoms with van der Waals surface area (Å²) in [6.45, 7) is 0. The van der Waals surface area contributed by atoms with Crippen LogP contribution in [0.2, 0.25) is 0 Å². The van der Waals surface area contributed by atoms with Gasteiger partial charge in [0.15, 0.2) is 5.82 Å². The summed E-state index contributed by atoms with van der Waals surface area (Å²) < 4.78 is 8.57. The molecule has 4 rings (SSSR count). The maximum Gasteiger partial charge on any atom is 0.274 e. The number of rotatable bonds is 3. The Bertz CT molecular complexity index is 852. The van der Waals surface area contributed by atoms with E-state index in [-0.39, 0.29) is 12.4 Å². The molecule has 1 aliphatic carbocycles. The van der Waals surface area contributed by atoms with Gasteiger partial charge in [0.25, 0.3) is 5.89 Å². The fraction of sp³-hybridized carbons (Fsp3) is 0.294. The number of aromatic nitrogens is 3. The molecule has 2 N–H and O–H groups in total. The SMILES string of the molecule is Cl.Cn1c(-c2ccc(Br)cc2)ccc1-c1nc(C2(N)CCC2)no1. The number of nitrogens with two attached hydrogens (primary N) is 1. The lowest BCUT2D eigenvalue weighted by Gasteiger charge is -2.34. The monoisotopic (exact) mass is 408 g/mol. The molecule has 2 heterocycles. The van der Waals surface area contributed by atoms with E-state index in [1.165, 1.54) is 0 Å². The van der Waals surface area contributed by atoms with Crippen molar-refractivity contribution in [3.63, 3.8) is 0 Å². The normalized spacial score (nSPS) is 15.6. The second kappa shape index (κ2) is 6.35. The minimum absolute atomic E-state index is 0. The maximum absolute atomic E-state index is 6.27. The molecule has 7 heteroatoms. The third kappa shape index (κ3) is 2.79. The Kier molecular flexibility index (Phi) is 4.55. The molecule has 0 saturated heterocycles. The molecule has 0 amide bonds. The number of halogens is 2. The van der Waals surface area contributed by atoms with E-state index in [1.807, 2.05) is 25.2 Å². The van der Waals surface area contributed by atoms with Gasteiger partial charge in [0, 0.05) is 17.2 Å². The highest BCUT2D eigenvalue weighted by molar-refractivity contribution is 9.10. The zero-order valence-electron chi connectivity index (χ0n) is 13.2. The van der Waals surface area contributed by atoms with Gasteiger partial charge in [-0.1, -0.05) is 33.2 Å². The van der Waals surface area contributed by atoms with Crippen molar-refractivity contribution in [2.75, 3.05) is 0 Å². The van der Waals surface area contributed by atoms with Crippen molar-refractivity contribution in [2.45, 2.75) is 24.8 Å². The van der Waals surface area contributed by atoms with E-state index in [0.29, 0.717) is 11.7 Å². The third-order valence-electron chi connectivity index (χ3n) is 4.60. The number of benzene rings is 1. The van der Waals surface area contributed by atoms with Gasteiger partial charge in [-0.3, -0.25) is 0 Å². The van der Waals surface area contributed by atoms with Crippen molar-refractivity contribution in [1.82, 2.24) is 14.7 Å². The molecule has 3 aromatic rings. The van der Waals surface area contributed by atoms with Gasteiger partial charge in [-0.15, -0.1) is 12.4 Å². The Morgan fingerprint density at radius 2 is 1.79 bits per heavy atom. The highest BCUT2D eigenvalue weighted by Crippen LogP contribution is 2.38. The predicted octanol–water partition coefficient (Wildman–Crippen LogP) is 4.26. The first-order valence-corrected chi connectivity index (χ1v) is 8.41. The van der Waals surface area contributed by atoms with Crippen LogP contribution < -0.4 is 5.73 Å². The molecule has 0 bridgehead atoms. The van der Waals surface area contributed by atoms with E-state index in [4.69, 9.17) is 10.3 Å². The largest absolute Gasteiger partial charge is 0.340 e. The van der Waals surface area contributed by atoms with Gasteiger partial charge in [-0.2, -0.15) is 4.98 Å². The highest BCUT2D eigenvalue weighted by atomic mass is 79.9. The molecule has 1 aliphatic rings. The summed E-state index contributed by atoms with van der Waals surface area (Å²) in [5.41, 5.74) is 8.99. The molecular formula is C17H18BrClN4O. The molecular weight excluding hydrogens is 392 g/mol. The van der Waals surface area contributed by atoms with Crippen molar-refractivity contribution in [3.8, 4) is 22.8 Å². The second-order valence-electron chi connectivity index (χ2n) is 6.10. The zero-order valence-corrected chi connectivity index (χ0v) is 15.6. The van der Waals surface area contributed by atoms with Crippen molar-refractivity contribution in [2.24, 2.45) is 12.8 Å². The van der Waals surface area contributed by atoms with Crippen LogP contribution in [0.5, 0.6) is 0 Å². The Morgan fingerprint density at radius 3 is 2.42 bits per heavy atom. The summed E-state index contributed by atoms with van der Waals surface area (Å²) in [7, 11) is 2.00. The molecule has 0 aliphatic heterocycles. The Morgan fingerprint density at radius 1 is 1.12 bits per heavy atom. The molecule has 126 valence electrons. The molecule has 1 fully saturated rings. The molecule has 24 heavy (non-hydrogen) atoms. The van der Waals surface area contributed by atoms with E-state index in [9.17, 15) is 0 Å².